The van der Waals surface area contributed by atoms with E-state index in [1.165, 1.54) is 0 Å². The van der Waals surface area contributed by atoms with Gasteiger partial charge in [-0.3, -0.25) is 0 Å². The van der Waals surface area contributed by atoms with Crippen LogP contribution in [0.1, 0.15) is 18.4 Å². The lowest BCUT2D eigenvalue weighted by atomic mass is 10.1. The van der Waals surface area contributed by atoms with Crippen molar-refractivity contribution in [1.29, 1.82) is 5.26 Å². The van der Waals surface area contributed by atoms with Crippen LogP contribution in [0.15, 0.2) is 83.8 Å². The number of sulfonamides is 1. The second-order valence-electron chi connectivity index (χ2n) is 7.43. The monoisotopic (exact) mass is 417 g/mol. The Hall–Kier alpha value is -3.14. The lowest BCUT2D eigenvalue weighted by Gasteiger charge is -2.33. The van der Waals surface area contributed by atoms with Gasteiger partial charge in [0.15, 0.2) is 0 Å². The van der Waals surface area contributed by atoms with E-state index in [0.29, 0.717) is 5.56 Å². The Morgan fingerprint density at radius 1 is 0.833 bits per heavy atom. The average Bonchev–Trinajstić information content (AvgIpc) is 2.80. The van der Waals surface area contributed by atoms with E-state index in [1.54, 1.807) is 12.1 Å². The molecule has 1 aliphatic rings. The summed E-state index contributed by atoms with van der Waals surface area (Å²) in [6, 6.07) is 26.4. The first-order chi connectivity index (χ1) is 14.5. The first-order valence-corrected chi connectivity index (χ1v) is 11.5. The topological polar surface area (TPSA) is 73.2 Å². The Morgan fingerprint density at radius 3 is 2.03 bits per heavy atom. The van der Waals surface area contributed by atoms with Gasteiger partial charge in [0.05, 0.1) is 16.5 Å². The molecule has 1 heterocycles. The SMILES string of the molecule is N#Cc1ccc(N2CCC(NS(=O)(=O)c3ccc(-c4ccccc4)cc3)CC2)cc1. The normalized spacial score (nSPS) is 15.0. The third kappa shape index (κ3) is 4.54. The van der Waals surface area contributed by atoms with Crippen molar-refractivity contribution in [2.75, 3.05) is 18.0 Å². The molecule has 3 aromatic carbocycles. The first-order valence-electron chi connectivity index (χ1n) is 9.98. The molecule has 6 heteroatoms. The van der Waals surface area contributed by atoms with Gasteiger partial charge in [-0.2, -0.15) is 5.26 Å². The van der Waals surface area contributed by atoms with Gasteiger partial charge >= 0.3 is 0 Å². The van der Waals surface area contributed by atoms with Gasteiger partial charge in [-0.15, -0.1) is 0 Å². The van der Waals surface area contributed by atoms with Crippen LogP contribution in [0.5, 0.6) is 0 Å². The molecule has 1 aliphatic heterocycles. The van der Waals surface area contributed by atoms with E-state index in [9.17, 15) is 8.42 Å². The summed E-state index contributed by atoms with van der Waals surface area (Å²) in [4.78, 5) is 2.51. The molecule has 0 aliphatic carbocycles. The van der Waals surface area contributed by atoms with Crippen LogP contribution in [0.2, 0.25) is 0 Å². The third-order valence-electron chi connectivity index (χ3n) is 5.45. The molecule has 0 aromatic heterocycles. The second-order valence-corrected chi connectivity index (χ2v) is 9.15. The highest BCUT2D eigenvalue weighted by molar-refractivity contribution is 7.89. The van der Waals surface area contributed by atoms with Crippen LogP contribution in [0.3, 0.4) is 0 Å². The second kappa shape index (κ2) is 8.70. The molecule has 30 heavy (non-hydrogen) atoms. The smallest absolute Gasteiger partial charge is 0.240 e. The highest BCUT2D eigenvalue weighted by atomic mass is 32.2. The number of benzene rings is 3. The van der Waals surface area contributed by atoms with Crippen LogP contribution >= 0.6 is 0 Å². The molecule has 0 amide bonds. The first kappa shape index (κ1) is 20.1. The molecule has 1 N–H and O–H groups in total. The number of piperidine rings is 1. The lowest BCUT2D eigenvalue weighted by Crippen LogP contribution is -2.44. The van der Waals surface area contributed by atoms with Gasteiger partial charge in [0.25, 0.3) is 0 Å². The van der Waals surface area contributed by atoms with E-state index < -0.39 is 10.0 Å². The summed E-state index contributed by atoms with van der Waals surface area (Å²) in [6.07, 6.45) is 1.47. The predicted molar refractivity (Wildman–Crippen MR) is 119 cm³/mol. The zero-order valence-corrected chi connectivity index (χ0v) is 17.3. The highest BCUT2D eigenvalue weighted by Gasteiger charge is 2.24. The standard InChI is InChI=1S/C24H23N3O2S/c25-18-19-6-10-23(11-7-19)27-16-14-22(15-17-27)26-30(28,29)24-12-8-21(9-13-24)20-4-2-1-3-5-20/h1-13,22,26H,14-17H2. The van der Waals surface area contributed by atoms with Crippen LogP contribution in [0.25, 0.3) is 11.1 Å². The zero-order chi connectivity index (χ0) is 21.0. The fraction of sp³-hybridized carbons (Fsp3) is 0.208. The molecule has 0 bridgehead atoms. The van der Waals surface area contributed by atoms with Crippen molar-refractivity contribution in [2.45, 2.75) is 23.8 Å². The van der Waals surface area contributed by atoms with Crippen molar-refractivity contribution in [1.82, 2.24) is 4.72 Å². The van der Waals surface area contributed by atoms with Gasteiger partial charge in [0.2, 0.25) is 10.0 Å². The summed E-state index contributed by atoms with van der Waals surface area (Å²) in [5, 5.41) is 8.92. The van der Waals surface area contributed by atoms with E-state index in [-0.39, 0.29) is 10.9 Å². The third-order valence-corrected chi connectivity index (χ3v) is 6.99. The van der Waals surface area contributed by atoms with Crippen molar-refractivity contribution in [3.63, 3.8) is 0 Å². The van der Waals surface area contributed by atoms with E-state index in [0.717, 1.165) is 42.7 Å². The quantitative estimate of drug-likeness (QED) is 0.676. The summed E-state index contributed by atoms with van der Waals surface area (Å²) in [5.41, 5.74) is 3.75. The Kier molecular flexibility index (Phi) is 5.84. The number of anilines is 1. The number of rotatable bonds is 5. The minimum absolute atomic E-state index is 0.0848. The molecular formula is C24H23N3O2S. The fourth-order valence-electron chi connectivity index (χ4n) is 3.75. The van der Waals surface area contributed by atoms with Crippen LogP contribution in [-0.2, 0) is 10.0 Å². The zero-order valence-electron chi connectivity index (χ0n) is 16.5. The van der Waals surface area contributed by atoms with Crippen molar-refractivity contribution in [2.24, 2.45) is 0 Å². The van der Waals surface area contributed by atoms with Crippen molar-refractivity contribution < 1.29 is 8.42 Å². The van der Waals surface area contributed by atoms with E-state index in [2.05, 4.69) is 15.7 Å². The summed E-state index contributed by atoms with van der Waals surface area (Å²) in [5.74, 6) is 0. The molecule has 0 radical (unpaired) electrons. The molecule has 0 unspecified atom stereocenters. The summed E-state index contributed by atoms with van der Waals surface area (Å²) < 4.78 is 28.5. The maximum atomic E-state index is 12.8. The van der Waals surface area contributed by atoms with Crippen LogP contribution in [0, 0.1) is 11.3 Å². The van der Waals surface area contributed by atoms with Crippen molar-refractivity contribution in [3.05, 3.63) is 84.4 Å². The molecule has 3 aromatic rings. The minimum atomic E-state index is -3.55. The Labute approximate surface area is 177 Å². The fourth-order valence-corrected chi connectivity index (χ4v) is 5.05. The number of nitrogens with one attached hydrogen (secondary N) is 1. The molecule has 0 atom stereocenters. The van der Waals surface area contributed by atoms with Crippen LogP contribution < -0.4 is 9.62 Å². The Bertz CT molecular complexity index is 1130. The number of hydrogen-bond acceptors (Lipinski definition) is 4. The van der Waals surface area contributed by atoms with Gasteiger partial charge < -0.3 is 4.90 Å². The maximum absolute atomic E-state index is 12.8. The summed E-state index contributed by atoms with van der Waals surface area (Å²) in [7, 11) is -3.55. The maximum Gasteiger partial charge on any atom is 0.240 e. The van der Waals surface area contributed by atoms with E-state index >= 15 is 0 Å². The molecule has 5 nitrogen and oxygen atoms in total. The van der Waals surface area contributed by atoms with Gasteiger partial charge in [0, 0.05) is 24.8 Å². The Balaban J connectivity index is 1.37. The minimum Gasteiger partial charge on any atom is -0.371 e. The predicted octanol–water partition coefficient (Wildman–Crippen LogP) is 4.17. The molecule has 1 saturated heterocycles. The van der Waals surface area contributed by atoms with E-state index in [4.69, 9.17) is 5.26 Å². The number of hydrogen-bond donors (Lipinski definition) is 1. The molecule has 0 saturated carbocycles. The van der Waals surface area contributed by atoms with E-state index in [1.807, 2.05) is 66.7 Å². The number of nitrogens with zero attached hydrogens (tertiary/aromatic N) is 2. The largest absolute Gasteiger partial charge is 0.371 e. The summed E-state index contributed by atoms with van der Waals surface area (Å²) >= 11 is 0. The van der Waals surface area contributed by atoms with Gasteiger partial charge in [-0.1, -0.05) is 42.5 Å². The van der Waals surface area contributed by atoms with Crippen LogP contribution in [-0.4, -0.2) is 27.5 Å². The van der Waals surface area contributed by atoms with Crippen molar-refractivity contribution in [3.8, 4) is 17.2 Å². The number of nitriles is 1. The van der Waals surface area contributed by atoms with Gasteiger partial charge in [-0.05, 0) is 60.4 Å². The average molecular weight is 418 g/mol. The highest BCUT2D eigenvalue weighted by Crippen LogP contribution is 2.23. The summed E-state index contributed by atoms with van der Waals surface area (Å²) in [6.45, 7) is 1.54. The Morgan fingerprint density at radius 2 is 1.43 bits per heavy atom. The lowest BCUT2D eigenvalue weighted by molar-refractivity contribution is 0.460. The van der Waals surface area contributed by atoms with Crippen molar-refractivity contribution >= 4 is 15.7 Å². The van der Waals surface area contributed by atoms with Crippen LogP contribution in [0.4, 0.5) is 5.69 Å². The molecule has 1 fully saturated rings. The van der Waals surface area contributed by atoms with Gasteiger partial charge in [-0.25, -0.2) is 13.1 Å². The molecule has 0 spiro atoms. The van der Waals surface area contributed by atoms with Gasteiger partial charge in [0.1, 0.15) is 0 Å². The molecule has 4 rings (SSSR count). The molecular weight excluding hydrogens is 394 g/mol. The molecule has 152 valence electrons.